The van der Waals surface area contributed by atoms with E-state index in [9.17, 15) is 14.2 Å². The molecule has 0 aliphatic carbocycles. The normalized spacial score (nSPS) is 13.3. The van der Waals surface area contributed by atoms with E-state index in [1.165, 1.54) is 11.8 Å². The summed E-state index contributed by atoms with van der Waals surface area (Å²) in [6.45, 7) is 8.31. The molecule has 0 bridgehead atoms. The minimum atomic E-state index is -2.67. The number of ketones is 1. The molecule has 0 aliphatic rings. The van der Waals surface area contributed by atoms with E-state index in [4.69, 9.17) is 9.26 Å². The molecule has 0 aliphatic heterocycles. The molecule has 0 fully saturated rings. The van der Waals surface area contributed by atoms with Crippen LogP contribution in [0.3, 0.4) is 0 Å². The van der Waals surface area contributed by atoms with Crippen LogP contribution in [0.2, 0.25) is 0 Å². The Bertz CT molecular complexity index is 953. The van der Waals surface area contributed by atoms with Crippen LogP contribution in [0.1, 0.15) is 30.5 Å². The van der Waals surface area contributed by atoms with Crippen LogP contribution in [0.15, 0.2) is 48.5 Å². The third kappa shape index (κ3) is 6.20. The number of aryl methyl sites for hydroxylation is 1. The molecule has 0 spiro atoms. The number of carbonyl (C=O) groups is 2. The SMILES string of the molecule is CC(=O)[C@](C)(Cc1ccc(OP(C)(C)=O)c(C)c1)N(C)C(=O)OCc1ccccc1. The maximum absolute atomic E-state index is 12.6. The van der Waals surface area contributed by atoms with Gasteiger partial charge in [-0.2, -0.15) is 0 Å². The summed E-state index contributed by atoms with van der Waals surface area (Å²) in [7, 11) is -1.10. The lowest BCUT2D eigenvalue weighted by Gasteiger charge is -2.36. The molecule has 2 aromatic rings. The lowest BCUT2D eigenvalue weighted by molar-refractivity contribution is -0.126. The van der Waals surface area contributed by atoms with Crippen LogP contribution in [0, 0.1) is 6.92 Å². The largest absolute Gasteiger partial charge is 0.445 e. The van der Waals surface area contributed by atoms with Gasteiger partial charge in [-0.3, -0.25) is 14.3 Å². The van der Waals surface area contributed by atoms with Gasteiger partial charge in [-0.15, -0.1) is 0 Å². The number of Topliss-reactive ketones (excluding diaryl/α,β-unsaturated/α-hetero) is 1. The highest BCUT2D eigenvalue weighted by molar-refractivity contribution is 7.57. The molecule has 30 heavy (non-hydrogen) atoms. The van der Waals surface area contributed by atoms with Crippen LogP contribution in [-0.4, -0.2) is 42.7 Å². The van der Waals surface area contributed by atoms with Gasteiger partial charge in [0.25, 0.3) is 0 Å². The number of hydrogen-bond donors (Lipinski definition) is 0. The van der Waals surface area contributed by atoms with Crippen molar-refractivity contribution in [2.24, 2.45) is 0 Å². The Morgan fingerprint density at radius 2 is 1.70 bits per heavy atom. The second kappa shape index (κ2) is 9.48. The van der Waals surface area contributed by atoms with Crippen molar-refractivity contribution < 1.29 is 23.4 Å². The van der Waals surface area contributed by atoms with Gasteiger partial charge in [0.15, 0.2) is 5.78 Å². The molecule has 0 aromatic heterocycles. The summed E-state index contributed by atoms with van der Waals surface area (Å²) >= 11 is 0. The predicted molar refractivity (Wildman–Crippen MR) is 118 cm³/mol. The third-order valence-electron chi connectivity index (χ3n) is 5.08. The average molecular weight is 431 g/mol. The molecule has 0 unspecified atom stereocenters. The number of carbonyl (C=O) groups excluding carboxylic acids is 2. The second-order valence-corrected chi connectivity index (χ2v) is 10.7. The smallest absolute Gasteiger partial charge is 0.410 e. The Kier molecular flexibility index (Phi) is 7.49. The van der Waals surface area contributed by atoms with Crippen molar-refractivity contribution in [2.75, 3.05) is 20.4 Å². The van der Waals surface area contributed by atoms with Crippen molar-refractivity contribution >= 4 is 19.2 Å². The van der Waals surface area contributed by atoms with E-state index in [2.05, 4.69) is 0 Å². The molecule has 2 rings (SSSR count). The number of rotatable bonds is 8. The molecule has 2 aromatic carbocycles. The summed E-state index contributed by atoms with van der Waals surface area (Å²) in [5.74, 6) is 0.401. The van der Waals surface area contributed by atoms with Crippen molar-refractivity contribution in [1.82, 2.24) is 4.90 Å². The molecule has 0 N–H and O–H groups in total. The van der Waals surface area contributed by atoms with Crippen LogP contribution >= 0.6 is 7.37 Å². The molecule has 6 nitrogen and oxygen atoms in total. The van der Waals surface area contributed by atoms with E-state index in [1.54, 1.807) is 33.4 Å². The van der Waals surface area contributed by atoms with Gasteiger partial charge >= 0.3 is 6.09 Å². The second-order valence-electron chi connectivity index (χ2n) is 8.05. The maximum Gasteiger partial charge on any atom is 0.410 e. The van der Waals surface area contributed by atoms with Gasteiger partial charge in [-0.05, 0) is 43.5 Å². The molecule has 162 valence electrons. The van der Waals surface area contributed by atoms with E-state index >= 15 is 0 Å². The maximum atomic E-state index is 12.6. The Morgan fingerprint density at radius 1 is 1.07 bits per heavy atom. The summed E-state index contributed by atoms with van der Waals surface area (Å²) in [6.07, 6.45) is -0.248. The summed E-state index contributed by atoms with van der Waals surface area (Å²) in [5.41, 5.74) is 1.48. The zero-order valence-electron chi connectivity index (χ0n) is 18.5. The number of nitrogens with zero attached hydrogens (tertiary/aromatic N) is 1. The summed E-state index contributed by atoms with van der Waals surface area (Å²) < 4.78 is 22.9. The molecular formula is C23H30NO5P. The highest BCUT2D eigenvalue weighted by atomic mass is 31.2. The van der Waals surface area contributed by atoms with Crippen molar-refractivity contribution in [1.29, 1.82) is 0 Å². The van der Waals surface area contributed by atoms with Gasteiger partial charge < -0.3 is 9.26 Å². The zero-order valence-corrected chi connectivity index (χ0v) is 19.4. The molecule has 1 atom stereocenters. The van der Waals surface area contributed by atoms with E-state index < -0.39 is 19.0 Å². The molecule has 1 amide bonds. The van der Waals surface area contributed by atoms with E-state index in [0.29, 0.717) is 12.2 Å². The van der Waals surface area contributed by atoms with Crippen molar-refractivity contribution in [3.8, 4) is 5.75 Å². The van der Waals surface area contributed by atoms with Crippen LogP contribution < -0.4 is 4.52 Å². The number of amides is 1. The minimum absolute atomic E-state index is 0.136. The lowest BCUT2D eigenvalue weighted by atomic mass is 9.87. The standard InChI is InChI=1S/C23H30NO5P/c1-17-14-20(12-13-21(17)29-30(5,6)27)15-23(3,18(2)25)24(4)22(26)28-16-19-10-8-7-9-11-19/h7-14H,15-16H2,1-6H3/t23-/m0/s1. The summed E-state index contributed by atoms with van der Waals surface area (Å²) in [4.78, 5) is 26.5. The summed E-state index contributed by atoms with van der Waals surface area (Å²) in [5, 5.41) is 0. The summed E-state index contributed by atoms with van der Waals surface area (Å²) in [6, 6.07) is 14.8. The first-order chi connectivity index (χ1) is 13.9. The topological polar surface area (TPSA) is 72.9 Å². The average Bonchev–Trinajstić information content (AvgIpc) is 2.67. The quantitative estimate of drug-likeness (QED) is 0.546. The van der Waals surface area contributed by atoms with Crippen molar-refractivity contribution in [2.45, 2.75) is 39.3 Å². The van der Waals surface area contributed by atoms with Crippen LogP contribution in [0.5, 0.6) is 5.75 Å². The minimum Gasteiger partial charge on any atom is -0.445 e. The Morgan fingerprint density at radius 3 is 2.23 bits per heavy atom. The number of hydrogen-bond acceptors (Lipinski definition) is 5. The molecular weight excluding hydrogens is 401 g/mol. The first kappa shape index (κ1) is 23.7. The highest BCUT2D eigenvalue weighted by Crippen LogP contribution is 2.40. The first-order valence-corrected chi connectivity index (χ1v) is 12.2. The molecule has 0 radical (unpaired) electrons. The van der Waals surface area contributed by atoms with Crippen LogP contribution in [0.25, 0.3) is 0 Å². The number of likely N-dealkylation sites (N-methyl/N-ethyl adjacent to an activating group) is 1. The van der Waals surface area contributed by atoms with Gasteiger partial charge in [-0.1, -0.05) is 42.5 Å². The monoisotopic (exact) mass is 431 g/mol. The molecule has 0 saturated heterocycles. The Labute approximate surface area is 178 Å². The van der Waals surface area contributed by atoms with Gasteiger partial charge in [0.1, 0.15) is 17.9 Å². The van der Waals surface area contributed by atoms with Gasteiger partial charge in [0, 0.05) is 26.8 Å². The first-order valence-electron chi connectivity index (χ1n) is 9.72. The van der Waals surface area contributed by atoms with Gasteiger partial charge in [-0.25, -0.2) is 4.79 Å². The Hall–Kier alpha value is -2.59. The fourth-order valence-electron chi connectivity index (χ4n) is 3.06. The van der Waals surface area contributed by atoms with E-state index in [-0.39, 0.29) is 12.4 Å². The molecule has 7 heteroatoms. The van der Waals surface area contributed by atoms with Gasteiger partial charge in [0.05, 0.1) is 0 Å². The fraction of sp³-hybridized carbons (Fsp3) is 0.391. The van der Waals surface area contributed by atoms with Crippen LogP contribution in [0.4, 0.5) is 4.79 Å². The predicted octanol–water partition coefficient (Wildman–Crippen LogP) is 5.07. The van der Waals surface area contributed by atoms with Gasteiger partial charge in [0.2, 0.25) is 7.37 Å². The highest BCUT2D eigenvalue weighted by Gasteiger charge is 2.38. The molecule has 0 saturated carbocycles. The number of benzene rings is 2. The van der Waals surface area contributed by atoms with Crippen molar-refractivity contribution in [3.63, 3.8) is 0 Å². The zero-order chi connectivity index (χ0) is 22.5. The molecule has 0 heterocycles. The van der Waals surface area contributed by atoms with Crippen molar-refractivity contribution in [3.05, 3.63) is 65.2 Å². The Balaban J connectivity index is 2.16. The fourth-order valence-corrected chi connectivity index (χ4v) is 3.73. The van der Waals surface area contributed by atoms with E-state index in [1.807, 2.05) is 49.4 Å². The van der Waals surface area contributed by atoms with E-state index in [0.717, 1.165) is 16.7 Å². The van der Waals surface area contributed by atoms with Crippen LogP contribution in [-0.2, 0) is 27.1 Å². The number of ether oxygens (including phenoxy) is 1. The lowest BCUT2D eigenvalue weighted by Crippen LogP contribution is -2.53. The third-order valence-corrected chi connectivity index (χ3v) is 5.72.